The summed E-state index contributed by atoms with van der Waals surface area (Å²) < 4.78 is 0. The highest BCUT2D eigenvalue weighted by atomic mass is 16.2. The lowest BCUT2D eigenvalue weighted by atomic mass is 10.2. The summed E-state index contributed by atoms with van der Waals surface area (Å²) in [6.45, 7) is 9.38. The van der Waals surface area contributed by atoms with E-state index in [0.717, 1.165) is 32.5 Å². The number of carbonyl (C=O) groups is 1. The van der Waals surface area contributed by atoms with E-state index < -0.39 is 0 Å². The van der Waals surface area contributed by atoms with Gasteiger partial charge in [0.05, 0.1) is 0 Å². The molecule has 0 radical (unpaired) electrons. The first-order chi connectivity index (χ1) is 8.20. The van der Waals surface area contributed by atoms with Crippen molar-refractivity contribution in [2.45, 2.75) is 65.3 Å². The lowest BCUT2D eigenvalue weighted by Gasteiger charge is -2.20. The fourth-order valence-electron chi connectivity index (χ4n) is 2.45. The lowest BCUT2D eigenvalue weighted by Crippen LogP contribution is -2.35. The van der Waals surface area contributed by atoms with Crippen molar-refractivity contribution in [2.24, 2.45) is 0 Å². The number of amides is 2. The molecule has 0 saturated carbocycles. The summed E-state index contributed by atoms with van der Waals surface area (Å²) in [6.07, 6.45) is 7.20. The van der Waals surface area contributed by atoms with Gasteiger partial charge in [0.25, 0.3) is 0 Å². The zero-order valence-corrected chi connectivity index (χ0v) is 11.7. The summed E-state index contributed by atoms with van der Waals surface area (Å²) in [5.74, 6) is 0. The fraction of sp³-hybridized carbons (Fsp3) is 0.929. The second-order valence-corrected chi connectivity index (χ2v) is 5.19. The van der Waals surface area contributed by atoms with E-state index in [1.165, 1.54) is 25.7 Å². The van der Waals surface area contributed by atoms with E-state index >= 15 is 0 Å². The molecule has 1 fully saturated rings. The summed E-state index contributed by atoms with van der Waals surface area (Å²) >= 11 is 0. The average molecular weight is 240 g/mol. The van der Waals surface area contributed by atoms with Crippen molar-refractivity contribution in [2.75, 3.05) is 19.6 Å². The summed E-state index contributed by atoms with van der Waals surface area (Å²) in [6, 6.07) is 0.672. The van der Waals surface area contributed by atoms with Gasteiger partial charge >= 0.3 is 6.03 Å². The molecule has 1 rings (SSSR count). The Kier molecular flexibility index (Phi) is 6.38. The Morgan fingerprint density at radius 1 is 1.06 bits per heavy atom. The maximum Gasteiger partial charge on any atom is 0.320 e. The summed E-state index contributed by atoms with van der Waals surface area (Å²) in [5, 5.41) is 0. The number of unbranched alkanes of at least 4 members (excludes halogenated alkanes) is 4. The number of nitrogens with zero attached hydrogens (tertiary/aromatic N) is 2. The van der Waals surface area contributed by atoms with E-state index in [-0.39, 0.29) is 6.03 Å². The van der Waals surface area contributed by atoms with Crippen LogP contribution in [0.2, 0.25) is 0 Å². The fourth-order valence-corrected chi connectivity index (χ4v) is 2.45. The van der Waals surface area contributed by atoms with E-state index in [9.17, 15) is 4.79 Å². The van der Waals surface area contributed by atoms with E-state index in [4.69, 9.17) is 0 Å². The van der Waals surface area contributed by atoms with Gasteiger partial charge in [-0.1, -0.05) is 39.5 Å². The van der Waals surface area contributed by atoms with Crippen LogP contribution >= 0.6 is 0 Å². The molecule has 1 saturated heterocycles. The molecule has 3 heteroatoms. The normalized spacial score (nSPS) is 20.4. The minimum atomic E-state index is 0.268. The third-order valence-electron chi connectivity index (χ3n) is 3.57. The van der Waals surface area contributed by atoms with E-state index in [1.54, 1.807) is 0 Å². The van der Waals surface area contributed by atoms with Crippen LogP contribution in [0.1, 0.15) is 59.3 Å². The van der Waals surface area contributed by atoms with Crippen LogP contribution in [0.4, 0.5) is 4.79 Å². The van der Waals surface area contributed by atoms with Crippen LogP contribution in [-0.4, -0.2) is 41.5 Å². The molecule has 0 aliphatic carbocycles. The number of urea groups is 1. The molecule has 100 valence electrons. The molecular weight excluding hydrogens is 212 g/mol. The molecule has 0 aromatic rings. The second kappa shape index (κ2) is 7.57. The van der Waals surface area contributed by atoms with Crippen LogP contribution in [0.15, 0.2) is 0 Å². The standard InChI is InChI=1S/C14H28N2O/c1-4-6-8-10-15-12-13(3)16(14(15)17)11-9-7-5-2/h13H,4-12H2,1-3H3. The van der Waals surface area contributed by atoms with Crippen molar-refractivity contribution in [3.05, 3.63) is 0 Å². The molecule has 17 heavy (non-hydrogen) atoms. The lowest BCUT2D eigenvalue weighted by molar-refractivity contribution is 0.186. The first-order valence-electron chi connectivity index (χ1n) is 7.26. The molecule has 2 amide bonds. The number of rotatable bonds is 8. The van der Waals surface area contributed by atoms with Crippen molar-refractivity contribution in [3.8, 4) is 0 Å². The van der Waals surface area contributed by atoms with Gasteiger partial charge in [-0.05, 0) is 19.8 Å². The maximum absolute atomic E-state index is 12.2. The van der Waals surface area contributed by atoms with Crippen molar-refractivity contribution in [1.82, 2.24) is 9.80 Å². The second-order valence-electron chi connectivity index (χ2n) is 5.19. The highest BCUT2D eigenvalue weighted by Crippen LogP contribution is 2.17. The predicted octanol–water partition coefficient (Wildman–Crippen LogP) is 3.49. The van der Waals surface area contributed by atoms with Gasteiger partial charge in [-0.25, -0.2) is 4.79 Å². The molecule has 1 unspecified atom stereocenters. The number of carbonyl (C=O) groups excluding carboxylic acids is 1. The topological polar surface area (TPSA) is 23.6 Å². The van der Waals surface area contributed by atoms with Gasteiger partial charge in [0.2, 0.25) is 0 Å². The Morgan fingerprint density at radius 2 is 1.65 bits per heavy atom. The SMILES string of the molecule is CCCCCN1CC(C)N(CCCCC)C1=O. The van der Waals surface area contributed by atoms with Gasteiger partial charge in [-0.15, -0.1) is 0 Å². The highest BCUT2D eigenvalue weighted by Gasteiger charge is 2.33. The van der Waals surface area contributed by atoms with Crippen LogP contribution in [0.5, 0.6) is 0 Å². The number of hydrogen-bond donors (Lipinski definition) is 0. The largest absolute Gasteiger partial charge is 0.323 e. The maximum atomic E-state index is 12.2. The van der Waals surface area contributed by atoms with Gasteiger partial charge in [-0.2, -0.15) is 0 Å². The predicted molar refractivity (Wildman–Crippen MR) is 72.2 cm³/mol. The van der Waals surface area contributed by atoms with Crippen LogP contribution in [0, 0.1) is 0 Å². The highest BCUT2D eigenvalue weighted by molar-refractivity contribution is 5.77. The molecule has 0 spiro atoms. The number of hydrogen-bond acceptors (Lipinski definition) is 1. The Labute approximate surface area is 106 Å². The molecule has 1 aliphatic heterocycles. The smallest absolute Gasteiger partial charge is 0.320 e. The van der Waals surface area contributed by atoms with E-state index in [2.05, 4.69) is 25.7 Å². The van der Waals surface area contributed by atoms with Crippen LogP contribution < -0.4 is 0 Å². The zero-order valence-electron chi connectivity index (χ0n) is 11.7. The molecule has 1 atom stereocenters. The van der Waals surface area contributed by atoms with Crippen LogP contribution in [0.25, 0.3) is 0 Å². The average Bonchev–Trinajstić information content (AvgIpc) is 2.57. The van der Waals surface area contributed by atoms with Crippen LogP contribution in [-0.2, 0) is 0 Å². The first-order valence-corrected chi connectivity index (χ1v) is 7.26. The Hall–Kier alpha value is -0.730. The Bertz CT molecular complexity index is 230. The Balaban J connectivity index is 2.33. The molecule has 0 N–H and O–H groups in total. The van der Waals surface area contributed by atoms with Gasteiger partial charge in [-0.3, -0.25) is 0 Å². The quantitative estimate of drug-likeness (QED) is 0.596. The minimum Gasteiger partial charge on any atom is -0.323 e. The van der Waals surface area contributed by atoms with Crippen LogP contribution in [0.3, 0.4) is 0 Å². The molecule has 0 aromatic heterocycles. The van der Waals surface area contributed by atoms with E-state index in [0.29, 0.717) is 6.04 Å². The third-order valence-corrected chi connectivity index (χ3v) is 3.57. The molecule has 0 bridgehead atoms. The summed E-state index contributed by atoms with van der Waals surface area (Å²) in [5.41, 5.74) is 0. The van der Waals surface area contributed by atoms with Crippen molar-refractivity contribution in [3.63, 3.8) is 0 Å². The zero-order chi connectivity index (χ0) is 12.7. The summed E-state index contributed by atoms with van der Waals surface area (Å²) in [7, 11) is 0. The molecule has 1 aliphatic rings. The third kappa shape index (κ3) is 4.21. The van der Waals surface area contributed by atoms with Gasteiger partial charge in [0.1, 0.15) is 0 Å². The van der Waals surface area contributed by atoms with Crippen molar-refractivity contribution in [1.29, 1.82) is 0 Å². The molecule has 1 heterocycles. The Morgan fingerprint density at radius 3 is 2.24 bits per heavy atom. The molecule has 0 aromatic carbocycles. The van der Waals surface area contributed by atoms with E-state index in [1.807, 2.05) is 4.90 Å². The molecular formula is C14H28N2O. The minimum absolute atomic E-state index is 0.268. The van der Waals surface area contributed by atoms with Crippen molar-refractivity contribution >= 4 is 6.03 Å². The molecule has 3 nitrogen and oxygen atoms in total. The first kappa shape index (κ1) is 14.3. The van der Waals surface area contributed by atoms with Gasteiger partial charge in [0, 0.05) is 25.7 Å². The van der Waals surface area contributed by atoms with Gasteiger partial charge < -0.3 is 9.80 Å². The monoisotopic (exact) mass is 240 g/mol. The summed E-state index contributed by atoms with van der Waals surface area (Å²) in [4.78, 5) is 16.2. The van der Waals surface area contributed by atoms with Crippen molar-refractivity contribution < 1.29 is 4.79 Å². The van der Waals surface area contributed by atoms with Gasteiger partial charge in [0.15, 0.2) is 0 Å².